The quantitative estimate of drug-likeness (QED) is 0.502. The molecular weight excluding hydrogens is 256 g/mol. The normalized spacial score (nSPS) is 20.2. The van der Waals surface area contributed by atoms with E-state index in [1.165, 1.54) is 0 Å². The molecule has 1 amide bonds. The minimum absolute atomic E-state index is 0.128. The van der Waals surface area contributed by atoms with Gasteiger partial charge in [0.05, 0.1) is 6.54 Å². The fraction of sp³-hybridized carbons (Fsp3) is 0.867. The summed E-state index contributed by atoms with van der Waals surface area (Å²) in [6, 6.07) is 0. The SMILES string of the molecule is CCCCN(CCCC)CC1CN(C)C(=O)CC(=O)O1. The summed E-state index contributed by atoms with van der Waals surface area (Å²) in [5, 5.41) is 0. The lowest BCUT2D eigenvalue weighted by Crippen LogP contribution is -2.41. The molecule has 1 fully saturated rings. The maximum Gasteiger partial charge on any atom is 0.315 e. The van der Waals surface area contributed by atoms with Gasteiger partial charge in [0, 0.05) is 13.6 Å². The Balaban J connectivity index is 2.55. The molecule has 116 valence electrons. The molecule has 1 unspecified atom stereocenters. The average molecular weight is 284 g/mol. The van der Waals surface area contributed by atoms with Crippen LogP contribution >= 0.6 is 0 Å². The molecule has 5 heteroatoms. The van der Waals surface area contributed by atoms with Gasteiger partial charge in [-0.3, -0.25) is 14.5 Å². The van der Waals surface area contributed by atoms with Crippen LogP contribution in [0.3, 0.4) is 0 Å². The van der Waals surface area contributed by atoms with Crippen LogP contribution < -0.4 is 0 Å². The van der Waals surface area contributed by atoms with Crippen LogP contribution in [0.5, 0.6) is 0 Å². The third-order valence-corrected chi connectivity index (χ3v) is 3.61. The average Bonchev–Trinajstić information content (AvgIpc) is 2.52. The van der Waals surface area contributed by atoms with Gasteiger partial charge in [0.15, 0.2) is 0 Å². The molecular formula is C15H28N2O3. The van der Waals surface area contributed by atoms with E-state index in [0.29, 0.717) is 6.54 Å². The molecule has 0 radical (unpaired) electrons. The molecule has 0 aliphatic carbocycles. The number of amides is 1. The van der Waals surface area contributed by atoms with E-state index >= 15 is 0 Å². The Hall–Kier alpha value is -1.10. The van der Waals surface area contributed by atoms with E-state index in [-0.39, 0.29) is 18.4 Å². The highest BCUT2D eigenvalue weighted by atomic mass is 16.5. The predicted molar refractivity (Wildman–Crippen MR) is 78.4 cm³/mol. The summed E-state index contributed by atoms with van der Waals surface area (Å²) in [4.78, 5) is 27.1. The van der Waals surface area contributed by atoms with Crippen molar-refractivity contribution in [1.82, 2.24) is 9.80 Å². The minimum Gasteiger partial charge on any atom is -0.459 e. The summed E-state index contributed by atoms with van der Waals surface area (Å²) >= 11 is 0. The zero-order chi connectivity index (χ0) is 15.0. The van der Waals surface area contributed by atoms with Gasteiger partial charge in [-0.15, -0.1) is 0 Å². The first-order valence-electron chi connectivity index (χ1n) is 7.72. The van der Waals surface area contributed by atoms with Crippen molar-refractivity contribution in [3.05, 3.63) is 0 Å². The summed E-state index contributed by atoms with van der Waals surface area (Å²) in [5.41, 5.74) is 0. The molecule has 0 bridgehead atoms. The van der Waals surface area contributed by atoms with E-state index in [0.717, 1.165) is 45.3 Å². The summed E-state index contributed by atoms with van der Waals surface area (Å²) < 4.78 is 5.40. The number of carbonyl (C=O) groups is 2. The smallest absolute Gasteiger partial charge is 0.315 e. The number of ether oxygens (including phenoxy) is 1. The van der Waals surface area contributed by atoms with E-state index in [1.54, 1.807) is 11.9 Å². The van der Waals surface area contributed by atoms with Gasteiger partial charge in [0.2, 0.25) is 5.91 Å². The van der Waals surface area contributed by atoms with Crippen molar-refractivity contribution in [2.24, 2.45) is 0 Å². The van der Waals surface area contributed by atoms with Crippen LogP contribution in [0.15, 0.2) is 0 Å². The lowest BCUT2D eigenvalue weighted by molar-refractivity contribution is -0.149. The number of likely N-dealkylation sites (N-methyl/N-ethyl adjacent to an activating group) is 1. The summed E-state index contributed by atoms with van der Waals surface area (Å²) in [5.74, 6) is -0.540. The third kappa shape index (κ3) is 5.90. The number of rotatable bonds is 8. The molecule has 0 N–H and O–H groups in total. The van der Waals surface area contributed by atoms with Crippen molar-refractivity contribution in [2.75, 3.05) is 33.2 Å². The van der Waals surface area contributed by atoms with E-state index in [1.807, 2.05) is 0 Å². The molecule has 1 rings (SSSR count). The number of nitrogens with zero attached hydrogens (tertiary/aromatic N) is 2. The van der Waals surface area contributed by atoms with Crippen molar-refractivity contribution < 1.29 is 14.3 Å². The van der Waals surface area contributed by atoms with Crippen LogP contribution in [0.25, 0.3) is 0 Å². The summed E-state index contributed by atoms with van der Waals surface area (Å²) in [6.45, 7) is 7.64. The zero-order valence-electron chi connectivity index (χ0n) is 13.1. The predicted octanol–water partition coefficient (Wildman–Crippen LogP) is 1.66. The molecule has 1 heterocycles. The van der Waals surface area contributed by atoms with Crippen LogP contribution in [0.4, 0.5) is 0 Å². The summed E-state index contributed by atoms with van der Waals surface area (Å²) in [7, 11) is 1.74. The van der Waals surface area contributed by atoms with Gasteiger partial charge >= 0.3 is 5.97 Å². The molecule has 0 spiro atoms. The fourth-order valence-corrected chi connectivity index (χ4v) is 2.37. The second-order valence-electron chi connectivity index (χ2n) is 5.57. The van der Waals surface area contributed by atoms with Crippen molar-refractivity contribution in [3.8, 4) is 0 Å². The van der Waals surface area contributed by atoms with Crippen LogP contribution in [0, 0.1) is 0 Å². The number of cyclic esters (lactones) is 1. The van der Waals surface area contributed by atoms with E-state index < -0.39 is 5.97 Å². The summed E-state index contributed by atoms with van der Waals surface area (Å²) in [6.07, 6.45) is 4.29. The zero-order valence-corrected chi connectivity index (χ0v) is 13.1. The third-order valence-electron chi connectivity index (χ3n) is 3.61. The van der Waals surface area contributed by atoms with Gasteiger partial charge < -0.3 is 9.64 Å². The number of esters is 1. The Labute approximate surface area is 122 Å². The maximum atomic E-state index is 11.6. The molecule has 1 atom stereocenters. The minimum atomic E-state index is -0.393. The first kappa shape index (κ1) is 17.0. The van der Waals surface area contributed by atoms with E-state index in [4.69, 9.17) is 4.74 Å². The molecule has 20 heavy (non-hydrogen) atoms. The second kappa shape index (κ2) is 8.95. The van der Waals surface area contributed by atoms with Gasteiger partial charge in [-0.25, -0.2) is 0 Å². The number of hydrogen-bond donors (Lipinski definition) is 0. The fourth-order valence-electron chi connectivity index (χ4n) is 2.37. The van der Waals surface area contributed by atoms with Crippen LogP contribution in [0.1, 0.15) is 46.0 Å². The first-order chi connectivity index (χ1) is 9.56. The molecule has 1 saturated heterocycles. The van der Waals surface area contributed by atoms with E-state index in [9.17, 15) is 9.59 Å². The molecule has 0 saturated carbocycles. The van der Waals surface area contributed by atoms with Gasteiger partial charge in [0.25, 0.3) is 0 Å². The van der Waals surface area contributed by atoms with Crippen molar-refractivity contribution >= 4 is 11.9 Å². The number of hydrogen-bond acceptors (Lipinski definition) is 4. The Bertz CT molecular complexity index is 312. The maximum absolute atomic E-state index is 11.6. The standard InChI is InChI=1S/C15H28N2O3/c1-4-6-8-17(9-7-5-2)12-13-11-16(3)14(18)10-15(19)20-13/h13H,4-12H2,1-3H3. The topological polar surface area (TPSA) is 49.9 Å². The van der Waals surface area contributed by atoms with E-state index in [2.05, 4.69) is 18.7 Å². The lowest BCUT2D eigenvalue weighted by Gasteiger charge is -2.27. The second-order valence-corrected chi connectivity index (χ2v) is 5.57. The first-order valence-corrected chi connectivity index (χ1v) is 7.72. The Morgan fingerprint density at radius 1 is 1.20 bits per heavy atom. The highest BCUT2D eigenvalue weighted by molar-refractivity contribution is 5.94. The van der Waals surface area contributed by atoms with Crippen molar-refractivity contribution in [3.63, 3.8) is 0 Å². The molecule has 1 aliphatic heterocycles. The molecule has 0 aromatic heterocycles. The van der Waals surface area contributed by atoms with Crippen molar-refractivity contribution in [1.29, 1.82) is 0 Å². The molecule has 5 nitrogen and oxygen atoms in total. The highest BCUT2D eigenvalue weighted by Gasteiger charge is 2.27. The lowest BCUT2D eigenvalue weighted by atomic mass is 10.2. The Morgan fingerprint density at radius 2 is 1.80 bits per heavy atom. The largest absolute Gasteiger partial charge is 0.459 e. The van der Waals surface area contributed by atoms with Crippen LogP contribution in [-0.4, -0.2) is 61.0 Å². The van der Waals surface area contributed by atoms with Crippen LogP contribution in [0.2, 0.25) is 0 Å². The Kier molecular flexibility index (Phi) is 7.59. The molecule has 1 aliphatic rings. The molecule has 0 aromatic rings. The van der Waals surface area contributed by atoms with Gasteiger partial charge in [-0.1, -0.05) is 26.7 Å². The van der Waals surface area contributed by atoms with Gasteiger partial charge in [-0.05, 0) is 25.9 Å². The highest BCUT2D eigenvalue weighted by Crippen LogP contribution is 2.10. The van der Waals surface area contributed by atoms with Gasteiger partial charge in [0.1, 0.15) is 12.5 Å². The Morgan fingerprint density at radius 3 is 2.35 bits per heavy atom. The van der Waals surface area contributed by atoms with Crippen molar-refractivity contribution in [2.45, 2.75) is 52.1 Å². The number of unbranched alkanes of at least 4 members (excludes halogenated alkanes) is 2. The number of carbonyl (C=O) groups excluding carboxylic acids is 2. The van der Waals surface area contributed by atoms with Crippen LogP contribution in [-0.2, 0) is 14.3 Å². The molecule has 0 aromatic carbocycles. The monoisotopic (exact) mass is 284 g/mol. The van der Waals surface area contributed by atoms with Gasteiger partial charge in [-0.2, -0.15) is 0 Å².